The van der Waals surface area contributed by atoms with Crippen LogP contribution in [0.4, 0.5) is 5.69 Å². The van der Waals surface area contributed by atoms with Crippen molar-refractivity contribution in [1.82, 2.24) is 10.2 Å². The van der Waals surface area contributed by atoms with Crippen molar-refractivity contribution in [2.24, 2.45) is 5.73 Å². The van der Waals surface area contributed by atoms with Crippen LogP contribution in [0, 0.1) is 6.92 Å². The number of rotatable bonds is 4. The molecule has 1 heterocycles. The first-order valence-corrected chi connectivity index (χ1v) is 7.82. The number of carbonyl (C=O) groups excluding carboxylic acids is 2. The number of primary amides is 1. The van der Waals surface area contributed by atoms with Crippen LogP contribution in [0.3, 0.4) is 0 Å². The summed E-state index contributed by atoms with van der Waals surface area (Å²) in [5.74, 6) is -0.939. The lowest BCUT2D eigenvalue weighted by molar-refractivity contribution is 0.0996. The standard InChI is InChI=1S/C19H16N4O3/c1-11-8-16(19(26)23-22-11)12-4-2-6-14(9-12)18(25)21-15-7-3-5-13(10-15)17(20)24/h2-10H,1H3,(H2,20,24)(H,21,25)(H,23,26). The van der Waals surface area contributed by atoms with Gasteiger partial charge in [-0.1, -0.05) is 18.2 Å². The van der Waals surface area contributed by atoms with Gasteiger partial charge in [-0.15, -0.1) is 0 Å². The van der Waals surface area contributed by atoms with Crippen LogP contribution in [0.15, 0.2) is 59.4 Å². The highest BCUT2D eigenvalue weighted by Crippen LogP contribution is 2.18. The molecule has 4 N–H and O–H groups in total. The maximum Gasteiger partial charge on any atom is 0.272 e. The summed E-state index contributed by atoms with van der Waals surface area (Å²) in [6.07, 6.45) is 0. The van der Waals surface area contributed by atoms with Gasteiger partial charge in [-0.2, -0.15) is 5.10 Å². The van der Waals surface area contributed by atoms with Gasteiger partial charge in [0.15, 0.2) is 0 Å². The number of hydrogen-bond acceptors (Lipinski definition) is 4. The molecule has 0 aliphatic carbocycles. The summed E-state index contributed by atoms with van der Waals surface area (Å²) in [4.78, 5) is 35.7. The first-order valence-electron chi connectivity index (χ1n) is 7.82. The molecule has 0 saturated carbocycles. The molecule has 130 valence electrons. The van der Waals surface area contributed by atoms with E-state index in [1.807, 2.05) is 0 Å². The zero-order valence-corrected chi connectivity index (χ0v) is 13.9. The molecule has 0 fully saturated rings. The Balaban J connectivity index is 1.89. The normalized spacial score (nSPS) is 10.3. The zero-order valence-electron chi connectivity index (χ0n) is 13.9. The summed E-state index contributed by atoms with van der Waals surface area (Å²) in [5, 5.41) is 8.98. The second-order valence-corrected chi connectivity index (χ2v) is 5.73. The summed E-state index contributed by atoms with van der Waals surface area (Å²) in [7, 11) is 0. The molecule has 26 heavy (non-hydrogen) atoms. The highest BCUT2D eigenvalue weighted by atomic mass is 16.2. The van der Waals surface area contributed by atoms with Gasteiger partial charge in [-0.05, 0) is 48.9 Å². The van der Waals surface area contributed by atoms with Gasteiger partial charge in [-0.25, -0.2) is 5.10 Å². The second-order valence-electron chi connectivity index (χ2n) is 5.73. The number of nitrogens with zero attached hydrogens (tertiary/aromatic N) is 1. The Bertz CT molecular complexity index is 1060. The third kappa shape index (κ3) is 3.67. The Labute approximate surface area is 148 Å². The number of anilines is 1. The number of aromatic nitrogens is 2. The summed E-state index contributed by atoms with van der Waals surface area (Å²) in [5.41, 5.74) is 7.75. The lowest BCUT2D eigenvalue weighted by Gasteiger charge is -2.08. The molecular formula is C19H16N4O3. The minimum absolute atomic E-state index is 0.301. The molecule has 3 rings (SSSR count). The van der Waals surface area contributed by atoms with E-state index in [9.17, 15) is 14.4 Å². The largest absolute Gasteiger partial charge is 0.366 e. The van der Waals surface area contributed by atoms with E-state index in [2.05, 4.69) is 15.5 Å². The van der Waals surface area contributed by atoms with Crippen LogP contribution in [-0.4, -0.2) is 22.0 Å². The molecule has 0 unspecified atom stereocenters. The Morgan fingerprint density at radius 2 is 1.77 bits per heavy atom. The van der Waals surface area contributed by atoms with Crippen molar-refractivity contribution in [3.63, 3.8) is 0 Å². The molecule has 0 atom stereocenters. The molecule has 1 aromatic heterocycles. The van der Waals surface area contributed by atoms with E-state index >= 15 is 0 Å². The molecule has 7 heteroatoms. The predicted molar refractivity (Wildman–Crippen MR) is 97.9 cm³/mol. The van der Waals surface area contributed by atoms with E-state index < -0.39 is 5.91 Å². The monoisotopic (exact) mass is 348 g/mol. The molecule has 0 aliphatic rings. The van der Waals surface area contributed by atoms with E-state index in [1.54, 1.807) is 55.5 Å². The predicted octanol–water partition coefficient (Wildman–Crippen LogP) is 2.10. The molecule has 0 bridgehead atoms. The number of H-pyrrole nitrogens is 1. The van der Waals surface area contributed by atoms with Crippen molar-refractivity contribution in [3.8, 4) is 11.1 Å². The van der Waals surface area contributed by atoms with Gasteiger partial charge in [0.1, 0.15) is 0 Å². The lowest BCUT2D eigenvalue weighted by atomic mass is 10.0. The number of nitrogens with two attached hydrogens (primary N) is 1. The highest BCUT2D eigenvalue weighted by molar-refractivity contribution is 6.05. The second kappa shape index (κ2) is 7.02. The molecule has 0 saturated heterocycles. The van der Waals surface area contributed by atoms with Gasteiger partial charge in [0.25, 0.3) is 11.5 Å². The summed E-state index contributed by atoms with van der Waals surface area (Å²) in [6.45, 7) is 1.77. The Kier molecular flexibility index (Phi) is 4.62. The summed E-state index contributed by atoms with van der Waals surface area (Å²) < 4.78 is 0. The number of nitrogens with one attached hydrogen (secondary N) is 2. The van der Waals surface area contributed by atoms with Crippen LogP contribution in [0.2, 0.25) is 0 Å². The van der Waals surface area contributed by atoms with Gasteiger partial charge in [-0.3, -0.25) is 14.4 Å². The average molecular weight is 348 g/mol. The number of carbonyl (C=O) groups is 2. The van der Waals surface area contributed by atoms with Crippen LogP contribution in [0.1, 0.15) is 26.4 Å². The first kappa shape index (κ1) is 17.1. The summed E-state index contributed by atoms with van der Waals surface area (Å²) in [6, 6.07) is 14.7. The molecule has 2 aromatic carbocycles. The maximum atomic E-state index is 12.5. The minimum atomic E-state index is -0.574. The molecule has 0 aliphatic heterocycles. The van der Waals surface area contributed by atoms with Gasteiger partial charge in [0.05, 0.1) is 11.3 Å². The van der Waals surface area contributed by atoms with Gasteiger partial charge < -0.3 is 11.1 Å². The maximum absolute atomic E-state index is 12.5. The van der Waals surface area contributed by atoms with Gasteiger partial charge >= 0.3 is 0 Å². The smallest absolute Gasteiger partial charge is 0.272 e. The number of aryl methyl sites for hydroxylation is 1. The van der Waals surface area contributed by atoms with Gasteiger partial charge in [0.2, 0.25) is 5.91 Å². The van der Waals surface area contributed by atoms with Crippen molar-refractivity contribution in [2.45, 2.75) is 6.92 Å². The number of amides is 2. The fourth-order valence-electron chi connectivity index (χ4n) is 2.50. The van der Waals surface area contributed by atoms with E-state index in [1.165, 1.54) is 6.07 Å². The molecule has 0 radical (unpaired) electrons. The van der Waals surface area contributed by atoms with Crippen LogP contribution in [-0.2, 0) is 0 Å². The van der Waals surface area contributed by atoms with Crippen LogP contribution in [0.25, 0.3) is 11.1 Å². The third-order valence-corrected chi connectivity index (χ3v) is 3.77. The van der Waals surface area contributed by atoms with Crippen molar-refractivity contribution in [2.75, 3.05) is 5.32 Å². The summed E-state index contributed by atoms with van der Waals surface area (Å²) >= 11 is 0. The number of hydrogen-bond donors (Lipinski definition) is 3. The third-order valence-electron chi connectivity index (χ3n) is 3.77. The average Bonchev–Trinajstić information content (AvgIpc) is 2.64. The SMILES string of the molecule is Cc1cc(-c2cccc(C(=O)Nc3cccc(C(N)=O)c3)c2)c(=O)[nH]n1. The molecule has 0 spiro atoms. The van der Waals surface area contributed by atoms with Crippen molar-refractivity contribution < 1.29 is 9.59 Å². The van der Waals surface area contributed by atoms with Crippen molar-refractivity contribution >= 4 is 17.5 Å². The van der Waals surface area contributed by atoms with E-state index in [4.69, 9.17) is 5.73 Å². The fraction of sp³-hybridized carbons (Fsp3) is 0.0526. The van der Waals surface area contributed by atoms with E-state index in [-0.39, 0.29) is 11.5 Å². The Hall–Kier alpha value is -3.74. The highest BCUT2D eigenvalue weighted by Gasteiger charge is 2.11. The minimum Gasteiger partial charge on any atom is -0.366 e. The van der Waals surface area contributed by atoms with Crippen LogP contribution < -0.4 is 16.6 Å². The van der Waals surface area contributed by atoms with Crippen LogP contribution in [0.5, 0.6) is 0 Å². The van der Waals surface area contributed by atoms with E-state index in [0.717, 1.165) is 0 Å². The van der Waals surface area contributed by atoms with Gasteiger partial charge in [0, 0.05) is 16.8 Å². The fourth-order valence-corrected chi connectivity index (χ4v) is 2.50. The molecule has 2 amide bonds. The van der Waals surface area contributed by atoms with Crippen LogP contribution >= 0.6 is 0 Å². The van der Waals surface area contributed by atoms with Crippen molar-refractivity contribution in [1.29, 1.82) is 0 Å². The van der Waals surface area contributed by atoms with E-state index in [0.29, 0.717) is 33.6 Å². The number of benzene rings is 2. The first-order chi connectivity index (χ1) is 12.4. The molecule has 3 aromatic rings. The topological polar surface area (TPSA) is 118 Å². The molecule has 7 nitrogen and oxygen atoms in total. The lowest BCUT2D eigenvalue weighted by Crippen LogP contribution is -2.15. The zero-order chi connectivity index (χ0) is 18.7. The Morgan fingerprint density at radius 1 is 1.04 bits per heavy atom. The van der Waals surface area contributed by atoms with Crippen molar-refractivity contribution in [3.05, 3.63) is 81.8 Å². The molecular weight excluding hydrogens is 332 g/mol. The number of aromatic amines is 1. The quantitative estimate of drug-likeness (QED) is 0.669. The Morgan fingerprint density at radius 3 is 2.54 bits per heavy atom.